The third kappa shape index (κ3) is 3.75. The molecule has 0 unspecified atom stereocenters. The second-order valence-corrected chi connectivity index (χ2v) is 6.49. The summed E-state index contributed by atoms with van der Waals surface area (Å²) in [5.41, 5.74) is 2.56. The first kappa shape index (κ1) is 17.8. The van der Waals surface area contributed by atoms with Gasteiger partial charge in [0.15, 0.2) is 0 Å². The van der Waals surface area contributed by atoms with E-state index in [1.165, 1.54) is 12.3 Å². The van der Waals surface area contributed by atoms with Crippen LogP contribution >= 0.6 is 0 Å². The molecule has 1 aliphatic rings. The lowest BCUT2D eigenvalue weighted by Gasteiger charge is -2.28. The number of likely N-dealkylation sites (tertiary alicyclic amines) is 1. The monoisotopic (exact) mass is 380 g/mol. The van der Waals surface area contributed by atoms with Crippen LogP contribution in [0.5, 0.6) is 0 Å². The number of halogens is 1. The van der Waals surface area contributed by atoms with Crippen LogP contribution < -0.4 is 5.76 Å². The van der Waals surface area contributed by atoms with Crippen LogP contribution in [0, 0.1) is 5.82 Å². The van der Waals surface area contributed by atoms with Crippen molar-refractivity contribution in [2.24, 2.45) is 0 Å². The summed E-state index contributed by atoms with van der Waals surface area (Å²) in [6, 6.07) is 9.90. The van der Waals surface area contributed by atoms with Crippen LogP contribution in [-0.2, 0) is 0 Å². The van der Waals surface area contributed by atoms with Gasteiger partial charge in [-0.15, -0.1) is 0 Å². The van der Waals surface area contributed by atoms with E-state index < -0.39 is 5.76 Å². The molecule has 1 saturated heterocycles. The van der Waals surface area contributed by atoms with Gasteiger partial charge in [0, 0.05) is 24.8 Å². The van der Waals surface area contributed by atoms with Gasteiger partial charge in [0.05, 0.1) is 5.56 Å². The number of hydrogen-bond acceptors (Lipinski definition) is 5. The molecule has 3 heterocycles. The summed E-state index contributed by atoms with van der Waals surface area (Å²) in [4.78, 5) is 32.0. The SMILES string of the molecule is O=C(c1ccc(-c2noc(=O)[nH]2)nc1)N1CCC(=Cc2ccccc2F)CC1. The Kier molecular flexibility index (Phi) is 4.84. The fraction of sp³-hybridized carbons (Fsp3) is 0.200. The van der Waals surface area contributed by atoms with E-state index in [9.17, 15) is 14.0 Å². The number of rotatable bonds is 3. The van der Waals surface area contributed by atoms with Gasteiger partial charge in [0.1, 0.15) is 11.5 Å². The van der Waals surface area contributed by atoms with Crippen LogP contribution in [-0.4, -0.2) is 39.0 Å². The number of amides is 1. The molecule has 0 bridgehead atoms. The Morgan fingerprint density at radius 2 is 1.96 bits per heavy atom. The van der Waals surface area contributed by atoms with E-state index in [1.807, 2.05) is 6.08 Å². The summed E-state index contributed by atoms with van der Waals surface area (Å²) >= 11 is 0. The molecule has 0 atom stereocenters. The molecule has 1 N–H and O–H groups in total. The van der Waals surface area contributed by atoms with Gasteiger partial charge < -0.3 is 4.90 Å². The quantitative estimate of drug-likeness (QED) is 0.754. The van der Waals surface area contributed by atoms with Crippen molar-refractivity contribution < 1.29 is 13.7 Å². The fourth-order valence-corrected chi connectivity index (χ4v) is 3.14. The molecule has 7 nitrogen and oxygen atoms in total. The second-order valence-electron chi connectivity index (χ2n) is 6.49. The lowest BCUT2D eigenvalue weighted by atomic mass is 10.00. The number of H-pyrrole nitrogens is 1. The van der Waals surface area contributed by atoms with E-state index >= 15 is 0 Å². The number of aromatic nitrogens is 3. The minimum absolute atomic E-state index is 0.113. The molecule has 2 aromatic heterocycles. The zero-order chi connectivity index (χ0) is 19.5. The molecule has 8 heteroatoms. The zero-order valence-corrected chi connectivity index (χ0v) is 14.9. The second kappa shape index (κ2) is 7.59. The molecular formula is C20H17FN4O3. The summed E-state index contributed by atoms with van der Waals surface area (Å²) in [5, 5.41) is 3.57. The van der Waals surface area contributed by atoms with Crippen molar-refractivity contribution in [1.29, 1.82) is 0 Å². The lowest BCUT2D eigenvalue weighted by Crippen LogP contribution is -2.36. The molecule has 1 fully saturated rings. The molecule has 28 heavy (non-hydrogen) atoms. The van der Waals surface area contributed by atoms with Gasteiger partial charge in [-0.25, -0.2) is 9.18 Å². The van der Waals surface area contributed by atoms with Gasteiger partial charge in [0.2, 0.25) is 5.82 Å². The summed E-state index contributed by atoms with van der Waals surface area (Å²) in [5.74, 6) is -0.805. The van der Waals surface area contributed by atoms with Crippen LogP contribution in [0.4, 0.5) is 4.39 Å². The highest BCUT2D eigenvalue weighted by molar-refractivity contribution is 5.94. The van der Waals surface area contributed by atoms with Gasteiger partial charge in [-0.3, -0.25) is 19.3 Å². The number of aromatic amines is 1. The van der Waals surface area contributed by atoms with Crippen molar-refractivity contribution in [3.63, 3.8) is 0 Å². The molecule has 1 aliphatic heterocycles. The number of piperidine rings is 1. The Balaban J connectivity index is 1.41. The lowest BCUT2D eigenvalue weighted by molar-refractivity contribution is 0.0743. The highest BCUT2D eigenvalue weighted by Crippen LogP contribution is 2.22. The predicted octanol–water partition coefficient (Wildman–Crippen LogP) is 2.88. The van der Waals surface area contributed by atoms with Crippen molar-refractivity contribution in [3.8, 4) is 11.5 Å². The van der Waals surface area contributed by atoms with Gasteiger partial charge in [-0.1, -0.05) is 35.0 Å². The Hall–Kier alpha value is -3.55. The molecule has 0 radical (unpaired) electrons. The van der Waals surface area contributed by atoms with Crippen molar-refractivity contribution in [2.45, 2.75) is 12.8 Å². The fourth-order valence-electron chi connectivity index (χ4n) is 3.14. The minimum Gasteiger partial charge on any atom is -0.338 e. The van der Waals surface area contributed by atoms with Crippen LogP contribution in [0.1, 0.15) is 28.8 Å². The first-order valence-corrected chi connectivity index (χ1v) is 8.86. The smallest absolute Gasteiger partial charge is 0.338 e. The minimum atomic E-state index is -0.662. The molecule has 3 aromatic rings. The van der Waals surface area contributed by atoms with Gasteiger partial charge >= 0.3 is 5.76 Å². The average Bonchev–Trinajstić information content (AvgIpc) is 3.16. The normalized spacial score (nSPS) is 14.2. The third-order valence-electron chi connectivity index (χ3n) is 4.65. The van der Waals surface area contributed by atoms with Gasteiger partial charge in [0.25, 0.3) is 5.91 Å². The third-order valence-corrected chi connectivity index (χ3v) is 4.65. The molecule has 0 saturated carbocycles. The topological polar surface area (TPSA) is 92.1 Å². The molecule has 0 aliphatic carbocycles. The summed E-state index contributed by atoms with van der Waals surface area (Å²) in [6.45, 7) is 1.13. The van der Waals surface area contributed by atoms with Crippen molar-refractivity contribution in [3.05, 3.63) is 75.7 Å². The summed E-state index contributed by atoms with van der Waals surface area (Å²) in [6.07, 6.45) is 4.72. The van der Waals surface area contributed by atoms with E-state index in [-0.39, 0.29) is 17.5 Å². The summed E-state index contributed by atoms with van der Waals surface area (Å²) < 4.78 is 18.2. The first-order valence-electron chi connectivity index (χ1n) is 8.86. The molecule has 4 rings (SSSR count). The van der Waals surface area contributed by atoms with E-state index in [2.05, 4.69) is 19.6 Å². The van der Waals surface area contributed by atoms with Crippen molar-refractivity contribution >= 4 is 12.0 Å². The Morgan fingerprint density at radius 3 is 2.61 bits per heavy atom. The van der Waals surface area contributed by atoms with E-state index in [4.69, 9.17) is 0 Å². The molecular weight excluding hydrogens is 363 g/mol. The zero-order valence-electron chi connectivity index (χ0n) is 14.9. The average molecular weight is 380 g/mol. The highest BCUT2D eigenvalue weighted by atomic mass is 19.1. The van der Waals surface area contributed by atoms with Gasteiger partial charge in [-0.2, -0.15) is 0 Å². The van der Waals surface area contributed by atoms with Gasteiger partial charge in [-0.05, 0) is 31.0 Å². The molecule has 1 amide bonds. The number of nitrogens with one attached hydrogen (secondary N) is 1. The van der Waals surface area contributed by atoms with Crippen LogP contribution in [0.3, 0.4) is 0 Å². The molecule has 1 aromatic carbocycles. The standard InChI is InChI=1S/C20H17FN4O3/c21-16-4-2-1-3-14(16)11-13-7-9-25(10-8-13)19(26)15-5-6-17(22-12-15)18-23-20(27)28-24-18/h1-6,11-12H,7-10H2,(H,23,24,27). The van der Waals surface area contributed by atoms with Crippen LogP contribution in [0.25, 0.3) is 17.6 Å². The number of nitrogens with zero attached hydrogens (tertiary/aromatic N) is 3. The van der Waals surface area contributed by atoms with E-state index in [1.54, 1.807) is 35.2 Å². The molecule has 0 spiro atoms. The number of carbonyl (C=O) groups excluding carboxylic acids is 1. The maximum Gasteiger partial charge on any atom is 0.439 e. The maximum atomic E-state index is 13.8. The summed E-state index contributed by atoms with van der Waals surface area (Å²) in [7, 11) is 0. The van der Waals surface area contributed by atoms with Crippen LogP contribution in [0.2, 0.25) is 0 Å². The number of carbonyl (C=O) groups is 1. The van der Waals surface area contributed by atoms with Crippen molar-refractivity contribution in [2.75, 3.05) is 13.1 Å². The predicted molar refractivity (Wildman–Crippen MR) is 99.9 cm³/mol. The highest BCUT2D eigenvalue weighted by Gasteiger charge is 2.21. The van der Waals surface area contributed by atoms with Crippen molar-refractivity contribution in [1.82, 2.24) is 20.0 Å². The Bertz CT molecular complexity index is 1080. The number of benzene rings is 1. The Labute approximate surface area is 159 Å². The van der Waals surface area contributed by atoms with E-state index in [0.717, 1.165) is 5.57 Å². The first-order chi connectivity index (χ1) is 13.6. The van der Waals surface area contributed by atoms with E-state index in [0.29, 0.717) is 42.8 Å². The maximum absolute atomic E-state index is 13.8. The Morgan fingerprint density at radius 1 is 1.18 bits per heavy atom. The van der Waals surface area contributed by atoms with Crippen LogP contribution in [0.15, 0.2) is 57.5 Å². The number of hydrogen-bond donors (Lipinski definition) is 1. The molecule has 142 valence electrons. The number of pyridine rings is 1. The largest absolute Gasteiger partial charge is 0.439 e.